The number of anilines is 1. The van der Waals surface area contributed by atoms with Crippen LogP contribution in [-0.2, 0) is 0 Å². The summed E-state index contributed by atoms with van der Waals surface area (Å²) in [7, 11) is 0. The van der Waals surface area contributed by atoms with Gasteiger partial charge in [-0.2, -0.15) is 0 Å². The van der Waals surface area contributed by atoms with E-state index in [1.54, 1.807) is 15.9 Å². The largest absolute Gasteiger partial charge is 0.354 e. The molecule has 4 nitrogen and oxygen atoms in total. The van der Waals surface area contributed by atoms with Gasteiger partial charge in [0.2, 0.25) is 10.1 Å². The van der Waals surface area contributed by atoms with Crippen molar-refractivity contribution >= 4 is 33.0 Å². The first-order valence-electron chi connectivity index (χ1n) is 5.96. The summed E-state index contributed by atoms with van der Waals surface area (Å²) in [4.78, 5) is 5.29. The number of rotatable bonds is 3. The van der Waals surface area contributed by atoms with Crippen LogP contribution in [0.25, 0.3) is 4.96 Å². The third-order valence-corrected chi connectivity index (χ3v) is 3.98. The Labute approximate surface area is 120 Å². The summed E-state index contributed by atoms with van der Waals surface area (Å²) in [5, 5.41) is 9.44. The van der Waals surface area contributed by atoms with Crippen molar-refractivity contribution in [2.24, 2.45) is 0 Å². The lowest BCUT2D eigenvalue weighted by Gasteiger charge is -2.12. The van der Waals surface area contributed by atoms with Gasteiger partial charge in [0.1, 0.15) is 0 Å². The Hall–Kier alpha value is -1.59. The molecule has 1 unspecified atom stereocenters. The van der Waals surface area contributed by atoms with Gasteiger partial charge in [0.25, 0.3) is 0 Å². The molecule has 3 aromatic rings. The van der Waals surface area contributed by atoms with E-state index in [2.05, 4.69) is 22.3 Å². The minimum atomic E-state index is 0.175. The van der Waals surface area contributed by atoms with E-state index in [-0.39, 0.29) is 6.04 Å². The molecule has 0 saturated heterocycles. The molecule has 6 heteroatoms. The molecular weight excluding hydrogens is 280 g/mol. The molecule has 0 bridgehead atoms. The molecule has 0 aliphatic rings. The lowest BCUT2D eigenvalue weighted by Crippen LogP contribution is -2.06. The van der Waals surface area contributed by atoms with E-state index in [0.29, 0.717) is 0 Å². The molecule has 2 aromatic heterocycles. The normalized spacial score (nSPS) is 12.8. The Morgan fingerprint density at radius 2 is 2.05 bits per heavy atom. The molecular formula is C13H13ClN4S. The molecule has 19 heavy (non-hydrogen) atoms. The van der Waals surface area contributed by atoms with Crippen molar-refractivity contribution in [2.45, 2.75) is 19.9 Å². The minimum Gasteiger partial charge on any atom is -0.354 e. The lowest BCUT2D eigenvalue weighted by atomic mass is 10.1. The summed E-state index contributed by atoms with van der Waals surface area (Å²) in [6.07, 6.45) is 1.92. The van der Waals surface area contributed by atoms with Crippen LogP contribution >= 0.6 is 22.9 Å². The summed E-state index contributed by atoms with van der Waals surface area (Å²) in [5.74, 6) is 0. The van der Waals surface area contributed by atoms with Crippen molar-refractivity contribution in [1.82, 2.24) is 14.6 Å². The van der Waals surface area contributed by atoms with E-state index in [1.807, 2.05) is 37.4 Å². The molecule has 0 radical (unpaired) electrons. The summed E-state index contributed by atoms with van der Waals surface area (Å²) >= 11 is 7.44. The number of aromatic nitrogens is 3. The Morgan fingerprint density at radius 1 is 1.32 bits per heavy atom. The molecule has 0 saturated carbocycles. The molecule has 3 rings (SSSR count). The number of halogens is 1. The topological polar surface area (TPSA) is 42.2 Å². The second kappa shape index (κ2) is 4.83. The fourth-order valence-electron chi connectivity index (χ4n) is 1.89. The summed E-state index contributed by atoms with van der Waals surface area (Å²) in [6.45, 7) is 4.06. The molecule has 2 heterocycles. The number of benzene rings is 1. The van der Waals surface area contributed by atoms with Gasteiger partial charge in [-0.15, -0.1) is 5.10 Å². The van der Waals surface area contributed by atoms with E-state index >= 15 is 0 Å². The quantitative estimate of drug-likeness (QED) is 0.795. The molecule has 98 valence electrons. The van der Waals surface area contributed by atoms with Crippen molar-refractivity contribution in [3.63, 3.8) is 0 Å². The van der Waals surface area contributed by atoms with Gasteiger partial charge in [-0.3, -0.25) is 0 Å². The number of nitrogens with one attached hydrogen (secondary N) is 1. The Balaban J connectivity index is 1.79. The maximum absolute atomic E-state index is 5.89. The maximum Gasteiger partial charge on any atom is 0.214 e. The predicted octanol–water partition coefficient (Wildman–Crippen LogP) is 3.93. The highest BCUT2D eigenvalue weighted by Crippen LogP contribution is 2.24. The fourth-order valence-corrected chi connectivity index (χ4v) is 2.93. The van der Waals surface area contributed by atoms with Gasteiger partial charge in [-0.05, 0) is 31.5 Å². The van der Waals surface area contributed by atoms with Crippen molar-refractivity contribution in [2.75, 3.05) is 5.32 Å². The van der Waals surface area contributed by atoms with Crippen LogP contribution in [0, 0.1) is 6.92 Å². The van der Waals surface area contributed by atoms with Crippen molar-refractivity contribution in [3.05, 3.63) is 46.7 Å². The van der Waals surface area contributed by atoms with Gasteiger partial charge >= 0.3 is 0 Å². The zero-order valence-electron chi connectivity index (χ0n) is 10.6. The van der Waals surface area contributed by atoms with Crippen LogP contribution in [0.2, 0.25) is 5.02 Å². The van der Waals surface area contributed by atoms with Crippen LogP contribution in [0.5, 0.6) is 0 Å². The van der Waals surface area contributed by atoms with Crippen LogP contribution < -0.4 is 5.32 Å². The van der Waals surface area contributed by atoms with E-state index in [1.165, 1.54) is 5.56 Å². The number of hydrogen-bond donors (Lipinski definition) is 1. The number of nitrogens with zero attached hydrogens (tertiary/aromatic N) is 3. The number of fused-ring (bicyclic) bond motifs is 1. The van der Waals surface area contributed by atoms with Gasteiger partial charge in [0.05, 0.1) is 17.9 Å². The SMILES string of the molecule is Cc1cn2nc(NC(C)c3ccc(Cl)cc3)sc2n1. The van der Waals surface area contributed by atoms with Crippen LogP contribution in [0.1, 0.15) is 24.2 Å². The van der Waals surface area contributed by atoms with Gasteiger partial charge in [0, 0.05) is 5.02 Å². The van der Waals surface area contributed by atoms with Crippen molar-refractivity contribution in [1.29, 1.82) is 0 Å². The van der Waals surface area contributed by atoms with E-state index in [0.717, 1.165) is 20.8 Å². The molecule has 1 N–H and O–H groups in total. The first-order valence-corrected chi connectivity index (χ1v) is 7.16. The fraction of sp³-hybridized carbons (Fsp3) is 0.231. The second-order valence-corrected chi connectivity index (χ2v) is 5.83. The summed E-state index contributed by atoms with van der Waals surface area (Å²) in [6, 6.07) is 8.00. The summed E-state index contributed by atoms with van der Waals surface area (Å²) in [5.41, 5.74) is 2.16. The Kier molecular flexibility index (Phi) is 3.16. The van der Waals surface area contributed by atoms with Crippen LogP contribution in [0.3, 0.4) is 0 Å². The third kappa shape index (κ3) is 2.57. The number of imidazole rings is 1. The number of aryl methyl sites for hydroxylation is 1. The van der Waals surface area contributed by atoms with E-state index in [9.17, 15) is 0 Å². The van der Waals surface area contributed by atoms with E-state index in [4.69, 9.17) is 11.6 Å². The molecule has 0 spiro atoms. The van der Waals surface area contributed by atoms with Gasteiger partial charge in [-0.25, -0.2) is 9.50 Å². The second-order valence-electron chi connectivity index (χ2n) is 4.43. The van der Waals surface area contributed by atoms with Crippen LogP contribution in [0.15, 0.2) is 30.5 Å². The van der Waals surface area contributed by atoms with E-state index < -0.39 is 0 Å². The molecule has 0 fully saturated rings. The zero-order chi connectivity index (χ0) is 13.4. The highest BCUT2D eigenvalue weighted by molar-refractivity contribution is 7.20. The van der Waals surface area contributed by atoms with Crippen LogP contribution in [0.4, 0.5) is 5.13 Å². The third-order valence-electron chi connectivity index (χ3n) is 2.87. The molecule has 0 aliphatic heterocycles. The Bertz CT molecular complexity index is 670. The number of hydrogen-bond acceptors (Lipinski definition) is 4. The zero-order valence-corrected chi connectivity index (χ0v) is 12.2. The average Bonchev–Trinajstić information content (AvgIpc) is 2.86. The monoisotopic (exact) mass is 292 g/mol. The van der Waals surface area contributed by atoms with Gasteiger partial charge in [0.15, 0.2) is 0 Å². The van der Waals surface area contributed by atoms with Gasteiger partial charge < -0.3 is 5.32 Å². The predicted molar refractivity (Wildman–Crippen MR) is 79.1 cm³/mol. The van der Waals surface area contributed by atoms with Crippen LogP contribution in [-0.4, -0.2) is 14.6 Å². The highest BCUT2D eigenvalue weighted by Gasteiger charge is 2.10. The van der Waals surface area contributed by atoms with Crippen molar-refractivity contribution < 1.29 is 0 Å². The first-order chi connectivity index (χ1) is 9.11. The Morgan fingerprint density at radius 3 is 2.74 bits per heavy atom. The molecule has 0 amide bonds. The molecule has 1 aromatic carbocycles. The molecule has 1 atom stereocenters. The highest BCUT2D eigenvalue weighted by atomic mass is 35.5. The average molecular weight is 293 g/mol. The standard InChI is InChI=1S/C13H13ClN4S/c1-8-7-18-13(15-8)19-12(17-18)16-9(2)10-3-5-11(14)6-4-10/h3-7,9H,1-2H3,(H,16,17). The summed E-state index contributed by atoms with van der Waals surface area (Å²) < 4.78 is 1.80. The van der Waals surface area contributed by atoms with Gasteiger partial charge in [-0.1, -0.05) is 35.1 Å². The lowest BCUT2D eigenvalue weighted by molar-refractivity contribution is 0.863. The minimum absolute atomic E-state index is 0.175. The smallest absolute Gasteiger partial charge is 0.214 e. The first kappa shape index (κ1) is 12.4. The maximum atomic E-state index is 5.89. The van der Waals surface area contributed by atoms with Crippen molar-refractivity contribution in [3.8, 4) is 0 Å². The molecule has 0 aliphatic carbocycles.